The third kappa shape index (κ3) is 3.41. The monoisotopic (exact) mass is 508 g/mol. The van der Waals surface area contributed by atoms with Gasteiger partial charge in [0.1, 0.15) is 26.6 Å². The van der Waals surface area contributed by atoms with Crippen LogP contribution >= 0.6 is 0 Å². The van der Waals surface area contributed by atoms with Crippen molar-refractivity contribution in [3.05, 3.63) is 87.6 Å². The van der Waals surface area contributed by atoms with Gasteiger partial charge in [-0.2, -0.15) is 0 Å². The fourth-order valence-corrected chi connectivity index (χ4v) is 8.01. The lowest BCUT2D eigenvalue weighted by molar-refractivity contribution is -0.582. The van der Waals surface area contributed by atoms with E-state index in [4.69, 9.17) is 16.4 Å². The summed E-state index contributed by atoms with van der Waals surface area (Å²) in [4.78, 5) is 25.1. The molecule has 3 aliphatic heterocycles. The number of fused-ring (bicyclic) bond motifs is 2. The maximum absolute atomic E-state index is 12.5. The van der Waals surface area contributed by atoms with Gasteiger partial charge in [-0.15, -0.1) is 0 Å². The summed E-state index contributed by atoms with van der Waals surface area (Å²) in [6.45, 7) is -7.29. The van der Waals surface area contributed by atoms with Crippen molar-refractivity contribution in [2.75, 3.05) is 30.9 Å². The number of carbonyl (C=O) groups is 2. The third-order valence-corrected chi connectivity index (χ3v) is 10.4. The zero-order valence-corrected chi connectivity index (χ0v) is 20.3. The Balaban J connectivity index is 1.69. The predicted octanol–water partition coefficient (Wildman–Crippen LogP) is 2.58. The lowest BCUT2D eigenvalue weighted by Crippen LogP contribution is -2.50. The maximum atomic E-state index is 12.5. The third-order valence-electron chi connectivity index (χ3n) is 6.83. The molecule has 2 fully saturated rings. The number of carbonyl (C=O) groups excluding carboxylic acids is 1. The van der Waals surface area contributed by atoms with E-state index in [2.05, 4.69) is 0 Å². The molecule has 0 saturated carbocycles. The van der Waals surface area contributed by atoms with Gasteiger partial charge in [0.25, 0.3) is 0 Å². The molecule has 4 aliphatic rings. The molecule has 0 spiro atoms. The quantitative estimate of drug-likeness (QED) is 0.507. The van der Waals surface area contributed by atoms with Crippen LogP contribution in [0.25, 0.3) is 5.57 Å². The molecule has 0 unspecified atom stereocenters. The largest absolute Gasteiger partial charge is 0.545 e. The van der Waals surface area contributed by atoms with Crippen LogP contribution in [0.1, 0.15) is 61.0 Å². The van der Waals surface area contributed by atoms with Gasteiger partial charge in [-0.05, 0) is 74.9 Å². The summed E-state index contributed by atoms with van der Waals surface area (Å²) in [6.07, 6.45) is -1.36. The van der Waals surface area contributed by atoms with Gasteiger partial charge in [-0.1, -0.05) is 25.2 Å². The summed E-state index contributed by atoms with van der Waals surface area (Å²) in [7, 11) is -3.10. The van der Waals surface area contributed by atoms with Gasteiger partial charge in [-0.25, -0.2) is 9.37 Å². The van der Waals surface area contributed by atoms with E-state index in [9.17, 15) is 19.8 Å². The van der Waals surface area contributed by atoms with Crippen LogP contribution in [-0.2, 0) is 0 Å². The highest BCUT2D eigenvalue weighted by atomic mass is 28.3. The summed E-state index contributed by atoms with van der Waals surface area (Å²) < 4.78 is 99.6. The normalized spacial score (nSPS) is 33.1. The van der Waals surface area contributed by atoms with E-state index in [0.717, 1.165) is 18.2 Å². The molecule has 0 aromatic heterocycles. The van der Waals surface area contributed by atoms with E-state index in [1.165, 1.54) is 36.4 Å². The molecular weight excluding hydrogens is 468 g/mol. The highest BCUT2D eigenvalue weighted by Crippen LogP contribution is 2.43. The van der Waals surface area contributed by atoms with E-state index in [1.54, 1.807) is 0 Å². The number of anilines is 1. The SMILES string of the molecule is [2H]C1([2H])N(c2ccc3c(c2)[Si](C)(C)C2=CC(=[N+]4C([2H])([2H])C([2H])([2H])C4([2H])[2H])C=CC2=C3c2cc(C(=O)[O-])ccc2C(=O)O)C([2H])([2H])C1([2H])[2H]. The molecule has 0 bridgehead atoms. The van der Waals surface area contributed by atoms with Crippen LogP contribution in [0.4, 0.5) is 5.69 Å². The maximum Gasteiger partial charge on any atom is 0.336 e. The number of nitrogens with zero attached hydrogens (tertiary/aromatic N) is 2. The number of allylic oxidation sites excluding steroid dienone is 5. The second-order valence-corrected chi connectivity index (χ2v) is 13.5. The Morgan fingerprint density at radius 3 is 2.56 bits per heavy atom. The molecule has 2 aromatic carbocycles. The van der Waals surface area contributed by atoms with Crippen molar-refractivity contribution in [1.29, 1.82) is 0 Å². The highest BCUT2D eigenvalue weighted by Gasteiger charge is 2.41. The van der Waals surface area contributed by atoms with E-state index in [1.807, 2.05) is 13.1 Å². The van der Waals surface area contributed by atoms with Gasteiger partial charge in [0.15, 0.2) is 5.71 Å². The first-order valence-electron chi connectivity index (χ1n) is 17.1. The molecule has 1 N–H and O–H groups in total. The van der Waals surface area contributed by atoms with E-state index < -0.39 is 58.7 Å². The van der Waals surface area contributed by atoms with Crippen molar-refractivity contribution < 1.29 is 40.8 Å². The van der Waals surface area contributed by atoms with Crippen LogP contribution in [-0.4, -0.2) is 61.4 Å². The van der Waals surface area contributed by atoms with E-state index in [0.29, 0.717) is 31.0 Å². The molecule has 36 heavy (non-hydrogen) atoms. The minimum absolute atomic E-state index is 0.0102. The fraction of sp³-hybridized carbons (Fsp3) is 0.276. The number of benzene rings is 2. The number of hydrogen-bond donors (Lipinski definition) is 1. The van der Waals surface area contributed by atoms with Crippen LogP contribution in [0.3, 0.4) is 0 Å². The van der Waals surface area contributed by atoms with Crippen molar-refractivity contribution in [2.24, 2.45) is 0 Å². The smallest absolute Gasteiger partial charge is 0.336 e. The predicted molar refractivity (Wildman–Crippen MR) is 141 cm³/mol. The fourth-order valence-electron chi connectivity index (χ4n) is 4.94. The first-order chi connectivity index (χ1) is 21.8. The van der Waals surface area contributed by atoms with Crippen molar-refractivity contribution in [1.82, 2.24) is 0 Å². The lowest BCUT2D eigenvalue weighted by Gasteiger charge is -2.40. The molecule has 3 heterocycles. The standard InChI is InChI=1S/C29H28N2O4Si/c1-36(2)25-16-19(30-11-3-12-30)6-9-22(25)27(23-10-7-20(17-26(23)36)31-13-4-14-31)24-15-18(28(32)33)5-8-21(24)29(34)35/h5-10,15-17H,3-4,11-14H2,1-2H3,(H-,32,33,34,35)/i3D2,4D2,11D2,12D2,13D2,14D2. The summed E-state index contributed by atoms with van der Waals surface area (Å²) in [5, 5.41) is 23.0. The number of rotatable bonds is 4. The molecule has 7 heteroatoms. The molecule has 6 nitrogen and oxygen atoms in total. The van der Waals surface area contributed by atoms with Crippen LogP contribution in [0.2, 0.25) is 13.1 Å². The lowest BCUT2D eigenvalue weighted by atomic mass is 9.86. The van der Waals surface area contributed by atoms with Crippen molar-refractivity contribution in [3.63, 3.8) is 0 Å². The number of hydrogen-bond acceptors (Lipinski definition) is 4. The van der Waals surface area contributed by atoms with Crippen molar-refractivity contribution in [2.45, 2.75) is 25.8 Å². The second kappa shape index (κ2) is 8.16. The van der Waals surface area contributed by atoms with Crippen molar-refractivity contribution in [3.8, 4) is 0 Å². The minimum atomic E-state index is -3.10. The van der Waals surface area contributed by atoms with Gasteiger partial charge in [0.2, 0.25) is 0 Å². The summed E-state index contributed by atoms with van der Waals surface area (Å²) in [5.74, 6) is -2.95. The van der Waals surface area contributed by atoms with Crippen LogP contribution in [0.5, 0.6) is 0 Å². The Morgan fingerprint density at radius 1 is 1.06 bits per heavy atom. The molecule has 2 aromatic rings. The molecule has 0 atom stereocenters. The Labute approximate surface area is 228 Å². The van der Waals surface area contributed by atoms with E-state index in [-0.39, 0.29) is 33.7 Å². The Kier molecular flexibility index (Phi) is 2.95. The molecule has 182 valence electrons. The van der Waals surface area contributed by atoms with E-state index >= 15 is 0 Å². The zero-order chi connectivity index (χ0) is 35.9. The number of carboxylic acid groups (broad SMARTS) is 2. The first-order valence-corrected chi connectivity index (χ1v) is 14.1. The average Bonchev–Trinajstić information content (AvgIpc) is 2.96. The zero-order valence-electron chi connectivity index (χ0n) is 31.3. The Bertz CT molecular complexity index is 1960. The second-order valence-electron chi connectivity index (χ2n) is 9.18. The molecule has 0 amide bonds. The molecule has 0 radical (unpaired) electrons. The number of aromatic carboxylic acids is 2. The highest BCUT2D eigenvalue weighted by molar-refractivity contribution is 6.98. The van der Waals surface area contributed by atoms with Crippen LogP contribution < -0.4 is 15.2 Å². The Morgan fingerprint density at radius 2 is 1.83 bits per heavy atom. The van der Waals surface area contributed by atoms with Gasteiger partial charge >= 0.3 is 5.97 Å². The number of carboxylic acids is 2. The van der Waals surface area contributed by atoms with Crippen LogP contribution in [0.15, 0.2) is 65.4 Å². The summed E-state index contributed by atoms with van der Waals surface area (Å²) in [5.41, 5.74) is 0.443. The first kappa shape index (κ1) is 13.0. The molecule has 6 rings (SSSR count). The van der Waals surface area contributed by atoms with Crippen LogP contribution in [0, 0.1) is 0 Å². The topological polar surface area (TPSA) is 83.7 Å². The van der Waals surface area contributed by atoms with Gasteiger partial charge in [0, 0.05) is 41.8 Å². The minimum Gasteiger partial charge on any atom is -0.545 e. The summed E-state index contributed by atoms with van der Waals surface area (Å²) in [6, 6.07) is 7.73. The van der Waals surface area contributed by atoms with Gasteiger partial charge < -0.3 is 19.9 Å². The summed E-state index contributed by atoms with van der Waals surface area (Å²) >= 11 is 0. The molecule has 1 aliphatic carbocycles. The van der Waals surface area contributed by atoms with Crippen molar-refractivity contribution >= 4 is 42.2 Å². The van der Waals surface area contributed by atoms with Gasteiger partial charge in [-0.3, -0.25) is 0 Å². The molecular formula is C29H28N2O4Si. The van der Waals surface area contributed by atoms with Gasteiger partial charge in [0.05, 0.1) is 17.9 Å². The molecule has 2 saturated heterocycles. The average molecular weight is 509 g/mol. The Hall–Kier alpha value is -3.71.